The van der Waals surface area contributed by atoms with E-state index in [1.54, 1.807) is 0 Å². The van der Waals surface area contributed by atoms with E-state index in [2.05, 4.69) is 19.1 Å². The third kappa shape index (κ3) is 11.5. The molecule has 2 N–H and O–H groups in total. The van der Waals surface area contributed by atoms with Crippen LogP contribution in [0.4, 0.5) is 0 Å². The van der Waals surface area contributed by atoms with Crippen molar-refractivity contribution in [1.82, 2.24) is 0 Å². The predicted octanol–water partition coefficient (Wildman–Crippen LogP) is 3.98. The molecule has 0 amide bonds. The van der Waals surface area contributed by atoms with Crippen LogP contribution in [0.3, 0.4) is 0 Å². The monoisotopic (exact) mass is 400 g/mol. The molecule has 5 nitrogen and oxygen atoms in total. The predicted molar refractivity (Wildman–Crippen MR) is 111 cm³/mol. The SMILES string of the molecule is CCCCCCCc1ccc([C@H](O)CC[N+](C)(C)CCCS(=O)(=O)O)cc1. The van der Waals surface area contributed by atoms with Gasteiger partial charge in [-0.15, -0.1) is 0 Å². The summed E-state index contributed by atoms with van der Waals surface area (Å²) in [6.07, 6.45) is 8.01. The Kier molecular flexibility index (Phi) is 10.5. The van der Waals surface area contributed by atoms with E-state index in [1.807, 2.05) is 26.2 Å². The van der Waals surface area contributed by atoms with Crippen LogP contribution < -0.4 is 0 Å². The molecule has 6 heteroatoms. The number of nitrogens with zero attached hydrogens (tertiary/aromatic N) is 1. The van der Waals surface area contributed by atoms with Gasteiger partial charge in [-0.1, -0.05) is 56.9 Å². The van der Waals surface area contributed by atoms with Crippen molar-refractivity contribution in [3.8, 4) is 0 Å². The molecule has 0 fully saturated rings. The Balaban J connectivity index is 2.37. The molecule has 0 radical (unpaired) electrons. The number of unbranched alkanes of at least 4 members (excludes halogenated alkanes) is 4. The fourth-order valence-electron chi connectivity index (χ4n) is 3.26. The minimum Gasteiger partial charge on any atom is -0.388 e. The van der Waals surface area contributed by atoms with Crippen molar-refractivity contribution in [3.05, 3.63) is 35.4 Å². The Morgan fingerprint density at radius 1 is 0.963 bits per heavy atom. The third-order valence-electron chi connectivity index (χ3n) is 5.11. The first kappa shape index (κ1) is 24.1. The third-order valence-corrected chi connectivity index (χ3v) is 5.91. The molecule has 0 saturated heterocycles. The lowest BCUT2D eigenvalue weighted by molar-refractivity contribution is -0.890. The summed E-state index contributed by atoms with van der Waals surface area (Å²) in [5, 5.41) is 10.5. The van der Waals surface area contributed by atoms with E-state index in [0.29, 0.717) is 23.9 Å². The summed E-state index contributed by atoms with van der Waals surface area (Å²) < 4.78 is 31.1. The van der Waals surface area contributed by atoms with Crippen LogP contribution in [0.25, 0.3) is 0 Å². The quantitative estimate of drug-likeness (QED) is 0.281. The van der Waals surface area contributed by atoms with Gasteiger partial charge in [-0.3, -0.25) is 4.55 Å². The summed E-state index contributed by atoms with van der Waals surface area (Å²) in [4.78, 5) is 0. The van der Waals surface area contributed by atoms with E-state index in [9.17, 15) is 13.5 Å². The van der Waals surface area contributed by atoms with Gasteiger partial charge in [-0.05, 0) is 24.0 Å². The second-order valence-electron chi connectivity index (χ2n) is 8.23. The van der Waals surface area contributed by atoms with Crippen molar-refractivity contribution in [2.75, 3.05) is 32.9 Å². The first-order chi connectivity index (χ1) is 12.6. The molecule has 156 valence electrons. The van der Waals surface area contributed by atoms with E-state index >= 15 is 0 Å². The van der Waals surface area contributed by atoms with Crippen molar-refractivity contribution in [1.29, 1.82) is 0 Å². The number of aliphatic hydroxyl groups is 1. The molecule has 0 aliphatic heterocycles. The van der Waals surface area contributed by atoms with Gasteiger partial charge in [0.25, 0.3) is 10.1 Å². The van der Waals surface area contributed by atoms with E-state index in [-0.39, 0.29) is 5.75 Å². The van der Waals surface area contributed by atoms with Crippen molar-refractivity contribution in [2.45, 2.75) is 64.4 Å². The number of aryl methyl sites for hydroxylation is 1. The molecule has 1 aromatic rings. The zero-order chi connectivity index (χ0) is 20.3. The van der Waals surface area contributed by atoms with E-state index in [4.69, 9.17) is 4.55 Å². The van der Waals surface area contributed by atoms with Crippen molar-refractivity contribution in [2.24, 2.45) is 0 Å². The maximum absolute atomic E-state index is 10.8. The average Bonchev–Trinajstić information content (AvgIpc) is 2.59. The Morgan fingerprint density at radius 2 is 1.59 bits per heavy atom. The maximum atomic E-state index is 10.8. The second kappa shape index (κ2) is 11.8. The fourth-order valence-corrected chi connectivity index (χ4v) is 3.76. The van der Waals surface area contributed by atoms with E-state index in [1.165, 1.54) is 37.7 Å². The summed E-state index contributed by atoms with van der Waals surface area (Å²) in [6.45, 7) is 3.61. The summed E-state index contributed by atoms with van der Waals surface area (Å²) in [7, 11) is 0.129. The standard InChI is InChI=1S/C21H37NO4S/c1-4-5-6-7-8-10-19-11-13-20(14-12-19)21(23)15-17-22(2,3)16-9-18-27(24,25)26/h11-14,21,23H,4-10,15-18H2,1-3H3/p+1/t21-/m1/s1. The second-order valence-corrected chi connectivity index (χ2v) is 9.80. The van der Waals surface area contributed by atoms with Gasteiger partial charge in [0.05, 0.1) is 39.0 Å². The van der Waals surface area contributed by atoms with E-state index in [0.717, 1.165) is 18.5 Å². The van der Waals surface area contributed by atoms with Gasteiger partial charge >= 0.3 is 0 Å². The van der Waals surface area contributed by atoms with Crippen LogP contribution in [-0.2, 0) is 16.5 Å². The summed E-state index contributed by atoms with van der Waals surface area (Å²) in [5.41, 5.74) is 2.26. The van der Waals surface area contributed by atoms with Crippen LogP contribution in [0.1, 0.15) is 69.1 Å². The summed E-state index contributed by atoms with van der Waals surface area (Å²) in [5.74, 6) is -0.211. The van der Waals surface area contributed by atoms with Crippen molar-refractivity contribution in [3.63, 3.8) is 0 Å². The Morgan fingerprint density at radius 3 is 2.19 bits per heavy atom. The Bertz CT molecular complexity index is 626. The lowest BCUT2D eigenvalue weighted by Crippen LogP contribution is -2.42. The first-order valence-electron chi connectivity index (χ1n) is 10.2. The minimum absolute atomic E-state index is 0.211. The lowest BCUT2D eigenvalue weighted by atomic mass is 10.0. The van der Waals surface area contributed by atoms with Gasteiger partial charge in [0.2, 0.25) is 0 Å². The first-order valence-corrected chi connectivity index (χ1v) is 11.8. The Hall–Kier alpha value is -0.950. The van der Waals surface area contributed by atoms with E-state index < -0.39 is 16.2 Å². The molecule has 1 rings (SSSR count). The molecular weight excluding hydrogens is 362 g/mol. The number of quaternary nitrogens is 1. The average molecular weight is 401 g/mol. The number of hydrogen-bond acceptors (Lipinski definition) is 3. The molecular formula is C21H38NO4S+. The molecule has 0 aliphatic rings. The normalized spacial score (nSPS) is 13.7. The number of benzene rings is 1. The number of hydrogen-bond donors (Lipinski definition) is 2. The number of rotatable bonds is 14. The smallest absolute Gasteiger partial charge is 0.265 e. The molecule has 1 aromatic carbocycles. The van der Waals surface area contributed by atoms with Crippen molar-refractivity contribution < 1.29 is 22.6 Å². The fraction of sp³-hybridized carbons (Fsp3) is 0.714. The van der Waals surface area contributed by atoms with Gasteiger partial charge in [0.1, 0.15) is 0 Å². The summed E-state index contributed by atoms with van der Waals surface area (Å²) >= 11 is 0. The van der Waals surface area contributed by atoms with Crippen LogP contribution in [0.2, 0.25) is 0 Å². The van der Waals surface area contributed by atoms with Crippen LogP contribution in [0.15, 0.2) is 24.3 Å². The highest BCUT2D eigenvalue weighted by Crippen LogP contribution is 2.20. The van der Waals surface area contributed by atoms with Gasteiger partial charge in [0, 0.05) is 12.8 Å². The van der Waals surface area contributed by atoms with Gasteiger partial charge in [-0.2, -0.15) is 8.42 Å². The van der Waals surface area contributed by atoms with Crippen LogP contribution >= 0.6 is 0 Å². The van der Waals surface area contributed by atoms with Crippen molar-refractivity contribution >= 4 is 10.1 Å². The minimum atomic E-state index is -3.90. The maximum Gasteiger partial charge on any atom is 0.265 e. The molecule has 0 heterocycles. The Labute approximate surface area is 165 Å². The largest absolute Gasteiger partial charge is 0.388 e. The topological polar surface area (TPSA) is 74.6 Å². The molecule has 1 atom stereocenters. The highest BCUT2D eigenvalue weighted by molar-refractivity contribution is 7.85. The summed E-state index contributed by atoms with van der Waals surface area (Å²) in [6, 6.07) is 8.27. The highest BCUT2D eigenvalue weighted by Gasteiger charge is 2.19. The molecule has 0 spiro atoms. The number of aliphatic hydroxyl groups excluding tert-OH is 1. The lowest BCUT2D eigenvalue weighted by Gasteiger charge is -2.30. The van der Waals surface area contributed by atoms with Crippen LogP contribution in [0.5, 0.6) is 0 Å². The van der Waals surface area contributed by atoms with Crippen LogP contribution in [-0.4, -0.2) is 55.5 Å². The van der Waals surface area contributed by atoms with Gasteiger partial charge in [0.15, 0.2) is 0 Å². The molecule has 0 unspecified atom stereocenters. The molecule has 0 aromatic heterocycles. The molecule has 27 heavy (non-hydrogen) atoms. The molecule has 0 bridgehead atoms. The highest BCUT2D eigenvalue weighted by atomic mass is 32.2. The molecule has 0 saturated carbocycles. The van der Waals surface area contributed by atoms with Gasteiger partial charge < -0.3 is 9.59 Å². The zero-order valence-electron chi connectivity index (χ0n) is 17.2. The van der Waals surface area contributed by atoms with Gasteiger partial charge in [-0.25, -0.2) is 0 Å². The zero-order valence-corrected chi connectivity index (χ0v) is 18.0. The molecule has 0 aliphatic carbocycles. The van der Waals surface area contributed by atoms with Crippen LogP contribution in [0, 0.1) is 0 Å².